The average Bonchev–Trinajstić information content (AvgIpc) is 2.51. The minimum atomic E-state index is -0.514. The first kappa shape index (κ1) is 11.1. The van der Waals surface area contributed by atoms with Crippen LogP contribution in [-0.4, -0.2) is 18.4 Å². The van der Waals surface area contributed by atoms with Gasteiger partial charge >= 0.3 is 0 Å². The fourth-order valence-corrected chi connectivity index (χ4v) is 2.02. The van der Waals surface area contributed by atoms with Crippen LogP contribution < -0.4 is 16.4 Å². The van der Waals surface area contributed by atoms with Gasteiger partial charge in [-0.05, 0) is 18.2 Å². The Balaban J connectivity index is 2.24. The minimum absolute atomic E-state index is 0.0238. The molecule has 0 radical (unpaired) electrons. The van der Waals surface area contributed by atoms with Crippen molar-refractivity contribution in [2.45, 2.75) is 6.04 Å². The maximum atomic E-state index is 11.6. The summed E-state index contributed by atoms with van der Waals surface area (Å²) in [5.74, 6) is -0.661. The summed E-state index contributed by atoms with van der Waals surface area (Å²) in [6.45, 7) is -0.0238. The topological polar surface area (TPSA) is 84.2 Å². The van der Waals surface area contributed by atoms with E-state index in [9.17, 15) is 9.59 Å². The van der Waals surface area contributed by atoms with Crippen LogP contribution in [0.15, 0.2) is 22.7 Å². The Hall–Kier alpha value is -1.40. The van der Waals surface area contributed by atoms with Crippen molar-refractivity contribution in [1.29, 1.82) is 0 Å². The molecule has 6 heteroatoms. The largest absolute Gasteiger partial charge is 0.369 e. The van der Waals surface area contributed by atoms with E-state index < -0.39 is 11.9 Å². The van der Waals surface area contributed by atoms with Crippen molar-refractivity contribution in [1.82, 2.24) is 5.32 Å². The number of benzene rings is 1. The van der Waals surface area contributed by atoms with Crippen LogP contribution in [-0.2, 0) is 9.59 Å². The third kappa shape index (κ3) is 2.07. The third-order valence-corrected chi connectivity index (χ3v) is 2.82. The van der Waals surface area contributed by atoms with Gasteiger partial charge in [0.1, 0.15) is 6.04 Å². The SMILES string of the molecule is NC(=O)CNC1C(=O)Nc2ccc(Br)cc21. The second-order valence-electron chi connectivity index (χ2n) is 3.50. The van der Waals surface area contributed by atoms with Gasteiger partial charge in [-0.1, -0.05) is 15.9 Å². The second kappa shape index (κ2) is 4.23. The fourth-order valence-electron chi connectivity index (χ4n) is 1.64. The maximum Gasteiger partial charge on any atom is 0.246 e. The van der Waals surface area contributed by atoms with Gasteiger partial charge in [-0.3, -0.25) is 14.9 Å². The molecule has 0 aromatic heterocycles. The lowest BCUT2D eigenvalue weighted by Crippen LogP contribution is -2.34. The number of hydrogen-bond donors (Lipinski definition) is 3. The van der Waals surface area contributed by atoms with Gasteiger partial charge < -0.3 is 11.1 Å². The van der Waals surface area contributed by atoms with Crippen LogP contribution in [0.5, 0.6) is 0 Å². The van der Waals surface area contributed by atoms with Crippen LogP contribution in [0.25, 0.3) is 0 Å². The zero-order valence-corrected chi connectivity index (χ0v) is 9.87. The maximum absolute atomic E-state index is 11.6. The summed E-state index contributed by atoms with van der Waals surface area (Å²) in [5.41, 5.74) is 6.60. The van der Waals surface area contributed by atoms with Gasteiger partial charge in [0.2, 0.25) is 11.8 Å². The van der Waals surface area contributed by atoms with Crippen molar-refractivity contribution in [3.05, 3.63) is 28.2 Å². The molecule has 16 heavy (non-hydrogen) atoms. The Morgan fingerprint density at radius 2 is 2.31 bits per heavy atom. The number of halogens is 1. The Morgan fingerprint density at radius 1 is 1.56 bits per heavy atom. The first-order valence-corrected chi connectivity index (χ1v) is 5.49. The smallest absolute Gasteiger partial charge is 0.246 e. The number of fused-ring (bicyclic) bond motifs is 1. The van der Waals surface area contributed by atoms with E-state index in [0.717, 1.165) is 15.7 Å². The first-order valence-electron chi connectivity index (χ1n) is 4.70. The molecule has 0 aliphatic carbocycles. The van der Waals surface area contributed by atoms with Gasteiger partial charge in [0.15, 0.2) is 0 Å². The molecule has 84 valence electrons. The van der Waals surface area contributed by atoms with Crippen LogP contribution >= 0.6 is 15.9 Å². The molecule has 1 aliphatic rings. The summed E-state index contributed by atoms with van der Waals surface area (Å²) < 4.78 is 0.883. The molecule has 1 atom stereocenters. The lowest BCUT2D eigenvalue weighted by atomic mass is 10.1. The monoisotopic (exact) mass is 283 g/mol. The van der Waals surface area contributed by atoms with Crippen LogP contribution in [0.3, 0.4) is 0 Å². The van der Waals surface area contributed by atoms with Gasteiger partial charge in [0, 0.05) is 15.7 Å². The van der Waals surface area contributed by atoms with E-state index in [-0.39, 0.29) is 12.5 Å². The Labute approximate surface area is 101 Å². The standard InChI is InChI=1S/C10H10BrN3O2/c11-5-1-2-7-6(3-5)9(10(16)14-7)13-4-8(12)15/h1-3,9,13H,4H2,(H2,12,15)(H,14,16). The quantitative estimate of drug-likeness (QED) is 0.756. The molecule has 5 nitrogen and oxygen atoms in total. The van der Waals surface area contributed by atoms with Crippen LogP contribution in [0.1, 0.15) is 11.6 Å². The van der Waals surface area contributed by atoms with Gasteiger partial charge in [-0.25, -0.2) is 0 Å². The molecular weight excluding hydrogens is 274 g/mol. The summed E-state index contributed by atoms with van der Waals surface area (Å²) in [7, 11) is 0. The Morgan fingerprint density at radius 3 is 3.00 bits per heavy atom. The van der Waals surface area contributed by atoms with E-state index in [0.29, 0.717) is 0 Å². The van der Waals surface area contributed by atoms with E-state index in [4.69, 9.17) is 5.73 Å². The number of nitrogens with one attached hydrogen (secondary N) is 2. The molecule has 0 fully saturated rings. The molecule has 4 N–H and O–H groups in total. The molecule has 2 amide bonds. The number of hydrogen-bond acceptors (Lipinski definition) is 3. The van der Waals surface area contributed by atoms with Crippen LogP contribution in [0.4, 0.5) is 5.69 Å². The molecule has 0 bridgehead atoms. The van der Waals surface area contributed by atoms with Gasteiger partial charge in [0.25, 0.3) is 0 Å². The molecule has 1 unspecified atom stereocenters. The van der Waals surface area contributed by atoms with E-state index in [1.807, 2.05) is 18.2 Å². The molecule has 0 spiro atoms. The number of amides is 2. The number of nitrogens with two attached hydrogens (primary N) is 1. The number of carbonyl (C=O) groups is 2. The average molecular weight is 284 g/mol. The van der Waals surface area contributed by atoms with Crippen molar-refractivity contribution in [2.24, 2.45) is 5.73 Å². The molecule has 1 aliphatic heterocycles. The molecule has 1 aromatic rings. The lowest BCUT2D eigenvalue weighted by Gasteiger charge is -2.09. The molecule has 1 aromatic carbocycles. The van der Waals surface area contributed by atoms with Crippen LogP contribution in [0.2, 0.25) is 0 Å². The van der Waals surface area contributed by atoms with E-state index >= 15 is 0 Å². The predicted molar refractivity (Wildman–Crippen MR) is 62.7 cm³/mol. The molecule has 0 saturated carbocycles. The van der Waals surface area contributed by atoms with Crippen molar-refractivity contribution in [3.8, 4) is 0 Å². The zero-order chi connectivity index (χ0) is 11.7. The summed E-state index contributed by atoms with van der Waals surface area (Å²) >= 11 is 3.33. The van der Waals surface area contributed by atoms with E-state index in [1.165, 1.54) is 0 Å². The highest BCUT2D eigenvalue weighted by molar-refractivity contribution is 9.10. The molecular formula is C10H10BrN3O2. The van der Waals surface area contributed by atoms with E-state index in [1.54, 1.807) is 0 Å². The van der Waals surface area contributed by atoms with Gasteiger partial charge in [-0.15, -0.1) is 0 Å². The lowest BCUT2D eigenvalue weighted by molar-refractivity contribution is -0.119. The second-order valence-corrected chi connectivity index (χ2v) is 4.42. The van der Waals surface area contributed by atoms with E-state index in [2.05, 4.69) is 26.6 Å². The fraction of sp³-hybridized carbons (Fsp3) is 0.200. The summed E-state index contributed by atoms with van der Waals surface area (Å²) in [5, 5.41) is 5.53. The molecule has 0 saturated heterocycles. The number of rotatable bonds is 3. The van der Waals surface area contributed by atoms with Crippen molar-refractivity contribution >= 4 is 33.4 Å². The first-order chi connectivity index (χ1) is 7.58. The zero-order valence-electron chi connectivity index (χ0n) is 8.29. The number of primary amides is 1. The van der Waals surface area contributed by atoms with Gasteiger partial charge in [0.05, 0.1) is 6.54 Å². The third-order valence-electron chi connectivity index (χ3n) is 2.33. The predicted octanol–water partition coefficient (Wildman–Crippen LogP) is 0.517. The number of anilines is 1. The summed E-state index contributed by atoms with van der Waals surface area (Å²) in [6.07, 6.45) is 0. The summed E-state index contributed by atoms with van der Waals surface area (Å²) in [4.78, 5) is 22.3. The van der Waals surface area contributed by atoms with Crippen LogP contribution in [0, 0.1) is 0 Å². The summed E-state index contributed by atoms with van der Waals surface area (Å²) in [6, 6.07) is 4.98. The number of carbonyl (C=O) groups excluding carboxylic acids is 2. The highest BCUT2D eigenvalue weighted by Gasteiger charge is 2.30. The highest BCUT2D eigenvalue weighted by atomic mass is 79.9. The van der Waals surface area contributed by atoms with Crippen molar-refractivity contribution < 1.29 is 9.59 Å². The van der Waals surface area contributed by atoms with Gasteiger partial charge in [-0.2, -0.15) is 0 Å². The van der Waals surface area contributed by atoms with Crippen molar-refractivity contribution in [3.63, 3.8) is 0 Å². The molecule has 1 heterocycles. The normalized spacial score (nSPS) is 18.1. The minimum Gasteiger partial charge on any atom is -0.369 e. The Bertz CT molecular complexity index is 461. The Kier molecular flexibility index (Phi) is 2.93. The van der Waals surface area contributed by atoms with Crippen molar-refractivity contribution in [2.75, 3.05) is 11.9 Å². The highest BCUT2D eigenvalue weighted by Crippen LogP contribution is 2.32. The molecule has 2 rings (SSSR count).